The second-order valence-corrected chi connectivity index (χ2v) is 10.2. The van der Waals surface area contributed by atoms with Crippen LogP contribution in [0, 0.1) is 0 Å². The summed E-state index contributed by atoms with van der Waals surface area (Å²) in [6.07, 6.45) is 8.64. The van der Waals surface area contributed by atoms with Crippen LogP contribution in [-0.4, -0.2) is 4.98 Å². The minimum absolute atomic E-state index is 0.683. The molecule has 0 aliphatic heterocycles. The number of rotatable bonds is 4. The molecule has 0 saturated heterocycles. The third-order valence-electron chi connectivity index (χ3n) is 7.94. The van der Waals surface area contributed by atoms with Crippen molar-refractivity contribution in [2.75, 3.05) is 0 Å². The van der Waals surface area contributed by atoms with E-state index < -0.39 is 0 Å². The summed E-state index contributed by atoms with van der Waals surface area (Å²) < 4.78 is 6.81. The van der Waals surface area contributed by atoms with Crippen molar-refractivity contribution in [1.29, 1.82) is 0 Å². The van der Waals surface area contributed by atoms with Crippen molar-refractivity contribution in [3.63, 3.8) is 0 Å². The first-order valence-corrected chi connectivity index (χ1v) is 13.4. The highest BCUT2D eigenvalue weighted by Gasteiger charge is 2.20. The normalized spacial score (nSPS) is 14.4. The molecule has 0 spiro atoms. The Bertz CT molecular complexity index is 1710. The summed E-state index contributed by atoms with van der Waals surface area (Å²) in [5, 5.41) is 5.58. The van der Waals surface area contributed by atoms with Crippen molar-refractivity contribution in [1.82, 2.24) is 4.98 Å². The highest BCUT2D eigenvalue weighted by Crippen LogP contribution is 2.46. The van der Waals surface area contributed by atoms with E-state index in [4.69, 9.17) is 9.72 Å². The van der Waals surface area contributed by atoms with Gasteiger partial charge in [0, 0.05) is 22.5 Å². The van der Waals surface area contributed by atoms with Crippen molar-refractivity contribution < 1.29 is 4.74 Å². The van der Waals surface area contributed by atoms with Crippen LogP contribution in [0.4, 0.5) is 0 Å². The van der Waals surface area contributed by atoms with E-state index in [-0.39, 0.29) is 0 Å². The van der Waals surface area contributed by atoms with E-state index in [9.17, 15) is 0 Å². The van der Waals surface area contributed by atoms with E-state index in [1.165, 1.54) is 37.7 Å². The third-order valence-corrected chi connectivity index (χ3v) is 7.94. The summed E-state index contributed by atoms with van der Waals surface area (Å²) in [7, 11) is 0. The summed E-state index contributed by atoms with van der Waals surface area (Å²) in [5.74, 6) is 2.43. The molecule has 1 fully saturated rings. The Labute approximate surface area is 217 Å². The maximum absolute atomic E-state index is 6.81. The average molecular weight is 480 g/mol. The fourth-order valence-corrected chi connectivity index (χ4v) is 6.11. The van der Waals surface area contributed by atoms with Gasteiger partial charge in [0.05, 0.1) is 10.9 Å². The predicted octanol–water partition coefficient (Wildman–Crippen LogP) is 10.0. The minimum atomic E-state index is 0.683. The molecule has 0 bridgehead atoms. The lowest BCUT2D eigenvalue weighted by molar-refractivity contribution is 0.442. The Morgan fingerprint density at radius 1 is 0.622 bits per heavy atom. The van der Waals surface area contributed by atoms with Gasteiger partial charge in [0.1, 0.15) is 11.5 Å². The van der Waals surface area contributed by atoms with Crippen molar-refractivity contribution in [2.45, 2.75) is 38.0 Å². The first-order valence-electron chi connectivity index (χ1n) is 13.4. The molecule has 1 saturated carbocycles. The molecule has 1 aliphatic carbocycles. The van der Waals surface area contributed by atoms with Crippen LogP contribution in [0.5, 0.6) is 11.5 Å². The molecule has 7 rings (SSSR count). The lowest BCUT2D eigenvalue weighted by atomic mass is 9.84. The monoisotopic (exact) mass is 479 g/mol. The standard InChI is InChI=1S/C35H29NO/c1-3-11-24(12-4-1)25-19-21-28(22-20-25)37-35-31-18-10-9-17-30(31)32(26-13-5-2-6-14-26)34-33(35)29-16-8-7-15-27(29)23-36-34/h2,5-10,13-24H,1,3-4,11-12H2. The molecule has 1 heterocycles. The van der Waals surface area contributed by atoms with Crippen molar-refractivity contribution >= 4 is 32.4 Å². The van der Waals surface area contributed by atoms with Crippen LogP contribution in [0.1, 0.15) is 43.6 Å². The topological polar surface area (TPSA) is 22.1 Å². The zero-order valence-corrected chi connectivity index (χ0v) is 20.9. The fraction of sp³-hybridized carbons (Fsp3) is 0.171. The number of fused-ring (bicyclic) bond motifs is 4. The molecule has 1 aliphatic rings. The molecule has 5 aromatic carbocycles. The number of hydrogen-bond acceptors (Lipinski definition) is 2. The van der Waals surface area contributed by atoms with Gasteiger partial charge in [0.2, 0.25) is 0 Å². The molecule has 2 heteroatoms. The summed E-state index contributed by atoms with van der Waals surface area (Å²) >= 11 is 0. The van der Waals surface area contributed by atoms with E-state index >= 15 is 0 Å². The number of benzene rings is 5. The van der Waals surface area contributed by atoms with E-state index in [0.717, 1.165) is 55.1 Å². The highest BCUT2D eigenvalue weighted by atomic mass is 16.5. The Hall–Kier alpha value is -4.17. The third kappa shape index (κ3) is 3.94. The highest BCUT2D eigenvalue weighted by molar-refractivity contribution is 6.22. The van der Waals surface area contributed by atoms with Gasteiger partial charge in [-0.3, -0.25) is 4.98 Å². The van der Waals surface area contributed by atoms with E-state index in [0.29, 0.717) is 5.92 Å². The SMILES string of the molecule is c1ccc(-c2c3ccccc3c(Oc3ccc(C4CCCCC4)cc3)c3c2ncc2ccccc23)cc1. The first kappa shape index (κ1) is 22.1. The molecule has 0 unspecified atom stereocenters. The van der Waals surface area contributed by atoms with Gasteiger partial charge >= 0.3 is 0 Å². The summed E-state index contributed by atoms with van der Waals surface area (Å²) in [5.41, 5.74) is 4.72. The van der Waals surface area contributed by atoms with Gasteiger partial charge in [-0.05, 0) is 52.8 Å². The van der Waals surface area contributed by atoms with Crippen molar-refractivity contribution in [2.24, 2.45) is 0 Å². The van der Waals surface area contributed by atoms with E-state index in [2.05, 4.69) is 103 Å². The molecule has 37 heavy (non-hydrogen) atoms. The van der Waals surface area contributed by atoms with Crippen molar-refractivity contribution in [3.8, 4) is 22.6 Å². The van der Waals surface area contributed by atoms with Crippen LogP contribution in [0.25, 0.3) is 43.6 Å². The van der Waals surface area contributed by atoms with Crippen LogP contribution < -0.4 is 4.74 Å². The molecule has 0 N–H and O–H groups in total. The maximum Gasteiger partial charge on any atom is 0.145 e. The number of hydrogen-bond donors (Lipinski definition) is 0. The Morgan fingerprint density at radius 3 is 2.08 bits per heavy atom. The lowest BCUT2D eigenvalue weighted by Gasteiger charge is -2.22. The van der Waals surface area contributed by atoms with Crippen LogP contribution in [0.2, 0.25) is 0 Å². The summed E-state index contributed by atoms with van der Waals surface area (Å²) in [4.78, 5) is 5.03. The zero-order chi connectivity index (χ0) is 24.6. The second-order valence-electron chi connectivity index (χ2n) is 10.2. The van der Waals surface area contributed by atoms with Gasteiger partial charge in [-0.25, -0.2) is 0 Å². The Kier molecular flexibility index (Phi) is 5.59. The smallest absolute Gasteiger partial charge is 0.145 e. The second kappa shape index (κ2) is 9.37. The Morgan fingerprint density at radius 2 is 1.30 bits per heavy atom. The Balaban J connectivity index is 1.46. The van der Waals surface area contributed by atoms with Crippen LogP contribution in [0.3, 0.4) is 0 Å². The minimum Gasteiger partial charge on any atom is -0.456 e. The molecular weight excluding hydrogens is 450 g/mol. The molecule has 0 radical (unpaired) electrons. The molecule has 0 amide bonds. The van der Waals surface area contributed by atoms with Crippen LogP contribution in [0.15, 0.2) is 109 Å². The van der Waals surface area contributed by atoms with Gasteiger partial charge < -0.3 is 4.74 Å². The quantitative estimate of drug-likeness (QED) is 0.185. The molecular formula is C35H29NO. The van der Waals surface area contributed by atoms with Gasteiger partial charge in [-0.1, -0.05) is 110 Å². The average Bonchev–Trinajstić information content (AvgIpc) is 2.98. The summed E-state index contributed by atoms with van der Waals surface area (Å²) in [6, 6.07) is 36.5. The predicted molar refractivity (Wildman–Crippen MR) is 155 cm³/mol. The molecule has 2 nitrogen and oxygen atoms in total. The molecule has 1 aromatic heterocycles. The molecule has 180 valence electrons. The van der Waals surface area contributed by atoms with E-state index in [1.54, 1.807) is 0 Å². The van der Waals surface area contributed by atoms with Gasteiger partial charge in [-0.15, -0.1) is 0 Å². The maximum atomic E-state index is 6.81. The van der Waals surface area contributed by atoms with E-state index in [1.807, 2.05) is 6.20 Å². The fourth-order valence-electron chi connectivity index (χ4n) is 6.11. The van der Waals surface area contributed by atoms with Gasteiger partial charge in [0.25, 0.3) is 0 Å². The van der Waals surface area contributed by atoms with Gasteiger partial charge in [0.15, 0.2) is 0 Å². The summed E-state index contributed by atoms with van der Waals surface area (Å²) in [6.45, 7) is 0. The van der Waals surface area contributed by atoms with Crippen molar-refractivity contribution in [3.05, 3.63) is 115 Å². The van der Waals surface area contributed by atoms with Crippen LogP contribution in [-0.2, 0) is 0 Å². The number of aromatic nitrogens is 1. The lowest BCUT2D eigenvalue weighted by Crippen LogP contribution is -2.04. The number of ether oxygens (including phenoxy) is 1. The first-order chi connectivity index (χ1) is 18.4. The molecule has 0 atom stereocenters. The molecule has 6 aromatic rings. The zero-order valence-electron chi connectivity index (χ0n) is 20.9. The van der Waals surface area contributed by atoms with Gasteiger partial charge in [-0.2, -0.15) is 0 Å². The number of nitrogens with zero attached hydrogens (tertiary/aromatic N) is 1. The number of pyridine rings is 1. The van der Waals surface area contributed by atoms with Crippen LogP contribution >= 0.6 is 0 Å². The largest absolute Gasteiger partial charge is 0.456 e.